The van der Waals surface area contributed by atoms with E-state index in [1.165, 1.54) is 12.8 Å². The number of amidine groups is 1. The Kier molecular flexibility index (Phi) is 3.34. The van der Waals surface area contributed by atoms with Crippen LogP contribution < -0.4 is 5.73 Å². The highest BCUT2D eigenvalue weighted by molar-refractivity contribution is 5.81. The van der Waals surface area contributed by atoms with Gasteiger partial charge in [0.2, 0.25) is 0 Å². The fourth-order valence-electron chi connectivity index (χ4n) is 1.69. The number of hydrogen-bond acceptors (Lipinski definition) is 3. The Morgan fingerprint density at radius 1 is 1.75 bits per heavy atom. The van der Waals surface area contributed by atoms with Crippen molar-refractivity contribution in [2.75, 3.05) is 19.6 Å². The lowest BCUT2D eigenvalue weighted by Gasteiger charge is -2.30. The van der Waals surface area contributed by atoms with E-state index in [0.717, 1.165) is 19.0 Å². The number of nitrogens with two attached hydrogens (primary N) is 1. The van der Waals surface area contributed by atoms with Gasteiger partial charge in [0.05, 0.1) is 6.54 Å². The van der Waals surface area contributed by atoms with Gasteiger partial charge in [-0.3, -0.25) is 4.90 Å². The third kappa shape index (κ3) is 2.70. The Hall–Kier alpha value is -0.770. The lowest BCUT2D eigenvalue weighted by atomic mass is 10.0. The third-order valence-corrected chi connectivity index (χ3v) is 2.26. The molecule has 12 heavy (non-hydrogen) atoms. The van der Waals surface area contributed by atoms with E-state index < -0.39 is 0 Å². The molecule has 1 aliphatic heterocycles. The second-order valence-electron chi connectivity index (χ2n) is 3.57. The van der Waals surface area contributed by atoms with Crippen molar-refractivity contribution in [3.8, 4) is 0 Å². The van der Waals surface area contributed by atoms with Crippen LogP contribution in [0, 0.1) is 5.92 Å². The maximum absolute atomic E-state index is 8.37. The van der Waals surface area contributed by atoms with Crippen LogP contribution >= 0.6 is 0 Å². The number of oxime groups is 1. The largest absolute Gasteiger partial charge is 0.409 e. The van der Waals surface area contributed by atoms with E-state index in [1.54, 1.807) is 0 Å². The molecule has 70 valence electrons. The Bertz CT molecular complexity index is 170. The number of rotatable bonds is 2. The molecule has 1 rings (SSSR count). The number of piperidine rings is 1. The molecule has 1 atom stereocenters. The van der Waals surface area contributed by atoms with Crippen LogP contribution in [0.3, 0.4) is 0 Å². The van der Waals surface area contributed by atoms with Crippen molar-refractivity contribution in [3.63, 3.8) is 0 Å². The first-order valence-corrected chi connectivity index (χ1v) is 4.41. The molecule has 1 heterocycles. The fourth-order valence-corrected chi connectivity index (χ4v) is 1.69. The Morgan fingerprint density at radius 3 is 3.08 bits per heavy atom. The molecular weight excluding hydrogens is 154 g/mol. The van der Waals surface area contributed by atoms with Crippen molar-refractivity contribution in [1.82, 2.24) is 4.90 Å². The van der Waals surface area contributed by atoms with Crippen molar-refractivity contribution >= 4 is 5.84 Å². The minimum Gasteiger partial charge on any atom is -0.409 e. The van der Waals surface area contributed by atoms with Gasteiger partial charge >= 0.3 is 0 Å². The summed E-state index contributed by atoms with van der Waals surface area (Å²) in [5, 5.41) is 11.3. The van der Waals surface area contributed by atoms with Crippen molar-refractivity contribution in [1.29, 1.82) is 0 Å². The summed E-state index contributed by atoms with van der Waals surface area (Å²) in [6, 6.07) is 0. The summed E-state index contributed by atoms with van der Waals surface area (Å²) < 4.78 is 0. The van der Waals surface area contributed by atoms with Gasteiger partial charge in [0.1, 0.15) is 0 Å². The smallest absolute Gasteiger partial charge is 0.153 e. The molecular formula is C8H17N3O. The highest BCUT2D eigenvalue weighted by atomic mass is 16.4. The van der Waals surface area contributed by atoms with Crippen molar-refractivity contribution in [2.45, 2.75) is 19.8 Å². The summed E-state index contributed by atoms with van der Waals surface area (Å²) >= 11 is 0. The summed E-state index contributed by atoms with van der Waals surface area (Å²) in [5.74, 6) is 1.05. The van der Waals surface area contributed by atoms with Crippen molar-refractivity contribution < 1.29 is 5.21 Å². The summed E-state index contributed by atoms with van der Waals surface area (Å²) in [4.78, 5) is 2.23. The van der Waals surface area contributed by atoms with Gasteiger partial charge in [0.25, 0.3) is 0 Å². The van der Waals surface area contributed by atoms with Gasteiger partial charge in [-0.05, 0) is 25.3 Å². The molecule has 0 amide bonds. The average Bonchev–Trinajstić information content (AvgIpc) is 2.04. The molecule has 4 nitrogen and oxygen atoms in total. The zero-order chi connectivity index (χ0) is 8.97. The van der Waals surface area contributed by atoms with Crippen molar-refractivity contribution in [3.05, 3.63) is 0 Å². The number of likely N-dealkylation sites (tertiary alicyclic amines) is 1. The molecule has 0 spiro atoms. The first-order valence-electron chi connectivity index (χ1n) is 4.41. The van der Waals surface area contributed by atoms with Crippen LogP contribution in [0.15, 0.2) is 5.16 Å². The monoisotopic (exact) mass is 171 g/mol. The van der Waals surface area contributed by atoms with Gasteiger partial charge in [0.15, 0.2) is 5.84 Å². The van der Waals surface area contributed by atoms with E-state index in [2.05, 4.69) is 17.0 Å². The summed E-state index contributed by atoms with van der Waals surface area (Å²) in [6.07, 6.45) is 2.52. The van der Waals surface area contributed by atoms with Crippen LogP contribution in [0.5, 0.6) is 0 Å². The highest BCUT2D eigenvalue weighted by Crippen LogP contribution is 2.14. The Balaban J connectivity index is 2.32. The zero-order valence-corrected chi connectivity index (χ0v) is 7.53. The zero-order valence-electron chi connectivity index (χ0n) is 7.53. The Labute approximate surface area is 73.0 Å². The summed E-state index contributed by atoms with van der Waals surface area (Å²) in [6.45, 7) is 4.97. The molecule has 1 aliphatic rings. The van der Waals surface area contributed by atoms with E-state index in [4.69, 9.17) is 10.9 Å². The quantitative estimate of drug-likeness (QED) is 0.275. The molecule has 0 aromatic heterocycles. The fraction of sp³-hybridized carbons (Fsp3) is 0.875. The van der Waals surface area contributed by atoms with E-state index in [9.17, 15) is 0 Å². The summed E-state index contributed by atoms with van der Waals surface area (Å²) in [7, 11) is 0. The predicted octanol–water partition coefficient (Wildman–Crippen LogP) is 0.465. The second-order valence-corrected chi connectivity index (χ2v) is 3.57. The molecule has 0 radical (unpaired) electrons. The van der Waals surface area contributed by atoms with Gasteiger partial charge in [-0.25, -0.2) is 0 Å². The molecule has 4 heteroatoms. The van der Waals surface area contributed by atoms with Gasteiger partial charge in [0, 0.05) is 6.54 Å². The molecule has 0 bridgehead atoms. The maximum atomic E-state index is 8.37. The predicted molar refractivity (Wildman–Crippen MR) is 48.2 cm³/mol. The van der Waals surface area contributed by atoms with Gasteiger partial charge in [-0.2, -0.15) is 0 Å². The van der Waals surface area contributed by atoms with Crippen LogP contribution in [0.25, 0.3) is 0 Å². The SMILES string of the molecule is CC1CCCN(C/C(N)=N\O)C1. The van der Waals surface area contributed by atoms with E-state index in [1.807, 2.05) is 0 Å². The Morgan fingerprint density at radius 2 is 2.50 bits per heavy atom. The van der Waals surface area contributed by atoms with Gasteiger partial charge < -0.3 is 10.9 Å². The van der Waals surface area contributed by atoms with Gasteiger partial charge in [-0.1, -0.05) is 12.1 Å². The molecule has 1 saturated heterocycles. The lowest BCUT2D eigenvalue weighted by Crippen LogP contribution is -2.40. The maximum Gasteiger partial charge on any atom is 0.153 e. The van der Waals surface area contributed by atoms with E-state index in [-0.39, 0.29) is 0 Å². The van der Waals surface area contributed by atoms with Gasteiger partial charge in [-0.15, -0.1) is 0 Å². The molecule has 1 fully saturated rings. The summed E-state index contributed by atoms with van der Waals surface area (Å²) in [5.41, 5.74) is 5.41. The first kappa shape index (κ1) is 9.32. The van der Waals surface area contributed by atoms with Crippen LogP contribution in [-0.4, -0.2) is 35.6 Å². The molecule has 0 aliphatic carbocycles. The van der Waals surface area contributed by atoms with Crippen LogP contribution in [0.1, 0.15) is 19.8 Å². The standard InChI is InChI=1S/C8H17N3O/c1-7-3-2-4-11(5-7)6-8(9)10-12/h7,12H,2-6H2,1H3,(H2,9,10). The van der Waals surface area contributed by atoms with Crippen LogP contribution in [0.2, 0.25) is 0 Å². The normalized spacial score (nSPS) is 27.4. The third-order valence-electron chi connectivity index (χ3n) is 2.26. The lowest BCUT2D eigenvalue weighted by molar-refractivity contribution is 0.204. The number of nitrogens with zero attached hydrogens (tertiary/aromatic N) is 2. The average molecular weight is 171 g/mol. The van der Waals surface area contributed by atoms with E-state index in [0.29, 0.717) is 12.4 Å². The molecule has 3 N–H and O–H groups in total. The highest BCUT2D eigenvalue weighted by Gasteiger charge is 2.16. The first-order chi connectivity index (χ1) is 5.72. The van der Waals surface area contributed by atoms with Crippen LogP contribution in [0.4, 0.5) is 0 Å². The van der Waals surface area contributed by atoms with Crippen molar-refractivity contribution in [2.24, 2.45) is 16.8 Å². The minimum absolute atomic E-state index is 0.309. The molecule has 1 unspecified atom stereocenters. The molecule has 0 aromatic rings. The molecule has 0 aromatic carbocycles. The molecule has 0 saturated carbocycles. The second kappa shape index (κ2) is 4.30. The topological polar surface area (TPSA) is 61.8 Å². The van der Waals surface area contributed by atoms with E-state index >= 15 is 0 Å². The number of hydrogen-bond donors (Lipinski definition) is 2. The van der Waals surface area contributed by atoms with Crippen LogP contribution in [-0.2, 0) is 0 Å². The minimum atomic E-state index is 0.309.